The first-order chi connectivity index (χ1) is 11.9. The molecule has 0 aromatic heterocycles. The summed E-state index contributed by atoms with van der Waals surface area (Å²) in [6, 6.07) is 9.81. The summed E-state index contributed by atoms with van der Waals surface area (Å²) in [7, 11) is 0. The van der Waals surface area contributed by atoms with Crippen molar-refractivity contribution in [3.05, 3.63) is 35.9 Å². The van der Waals surface area contributed by atoms with Crippen LogP contribution in [0.15, 0.2) is 30.3 Å². The Balaban J connectivity index is 1.82. The van der Waals surface area contributed by atoms with Crippen molar-refractivity contribution >= 4 is 12.0 Å². The van der Waals surface area contributed by atoms with Crippen molar-refractivity contribution in [2.75, 3.05) is 13.1 Å². The monoisotopic (exact) mass is 346 g/mol. The molecule has 0 spiro atoms. The molecule has 1 aliphatic rings. The number of carbonyl (C=O) groups is 2. The van der Waals surface area contributed by atoms with Crippen LogP contribution in [0.25, 0.3) is 0 Å². The number of benzene rings is 1. The van der Waals surface area contributed by atoms with Gasteiger partial charge in [0.1, 0.15) is 11.6 Å². The highest BCUT2D eigenvalue weighted by Crippen LogP contribution is 2.20. The summed E-state index contributed by atoms with van der Waals surface area (Å²) in [4.78, 5) is 26.5. The molecule has 1 N–H and O–H groups in total. The molecule has 2 rings (SSSR count). The Kier molecular flexibility index (Phi) is 6.85. The van der Waals surface area contributed by atoms with E-state index in [4.69, 9.17) is 4.74 Å². The van der Waals surface area contributed by atoms with Crippen LogP contribution in [0.5, 0.6) is 0 Å². The number of likely N-dealkylation sites (tertiary alicyclic amines) is 1. The van der Waals surface area contributed by atoms with Crippen LogP contribution in [0, 0.1) is 0 Å². The maximum atomic E-state index is 12.5. The number of piperidine rings is 1. The second-order valence-corrected chi connectivity index (χ2v) is 7.57. The summed E-state index contributed by atoms with van der Waals surface area (Å²) in [6.45, 7) is 6.72. The summed E-state index contributed by atoms with van der Waals surface area (Å²) in [5.74, 6) is -0.0707. The first-order valence-electron chi connectivity index (χ1n) is 9.18. The largest absolute Gasteiger partial charge is 0.444 e. The smallest absolute Gasteiger partial charge is 0.410 e. The fourth-order valence-electron chi connectivity index (χ4n) is 3.01. The predicted molar refractivity (Wildman–Crippen MR) is 98.4 cm³/mol. The van der Waals surface area contributed by atoms with Gasteiger partial charge in [-0.3, -0.25) is 9.69 Å². The van der Waals surface area contributed by atoms with Crippen molar-refractivity contribution in [2.45, 2.75) is 64.5 Å². The lowest BCUT2D eigenvalue weighted by Crippen LogP contribution is -2.53. The van der Waals surface area contributed by atoms with Crippen LogP contribution in [-0.2, 0) is 16.0 Å². The highest BCUT2D eigenvalue weighted by Gasteiger charge is 2.34. The Morgan fingerprint density at radius 3 is 2.60 bits per heavy atom. The molecule has 0 unspecified atom stereocenters. The van der Waals surface area contributed by atoms with Gasteiger partial charge < -0.3 is 10.1 Å². The zero-order chi connectivity index (χ0) is 18.3. The van der Waals surface area contributed by atoms with Crippen LogP contribution in [0.2, 0.25) is 0 Å². The zero-order valence-electron chi connectivity index (χ0n) is 15.6. The topological polar surface area (TPSA) is 58.6 Å². The molecule has 0 radical (unpaired) electrons. The van der Waals surface area contributed by atoms with Crippen LogP contribution < -0.4 is 5.32 Å². The van der Waals surface area contributed by atoms with Gasteiger partial charge in [0.05, 0.1) is 0 Å². The van der Waals surface area contributed by atoms with Gasteiger partial charge in [-0.1, -0.05) is 30.3 Å². The number of carbonyl (C=O) groups excluding carboxylic acids is 2. The number of hydrogen-bond acceptors (Lipinski definition) is 3. The normalized spacial score (nSPS) is 17.9. The summed E-state index contributed by atoms with van der Waals surface area (Å²) < 4.78 is 5.45. The second-order valence-electron chi connectivity index (χ2n) is 7.57. The summed E-state index contributed by atoms with van der Waals surface area (Å²) in [5.41, 5.74) is 0.718. The maximum absolute atomic E-state index is 12.5. The van der Waals surface area contributed by atoms with Gasteiger partial charge in [0.15, 0.2) is 0 Å². The van der Waals surface area contributed by atoms with Crippen LogP contribution in [0.4, 0.5) is 4.79 Å². The summed E-state index contributed by atoms with van der Waals surface area (Å²) >= 11 is 0. The first kappa shape index (κ1) is 19.3. The van der Waals surface area contributed by atoms with Crippen LogP contribution in [0.3, 0.4) is 0 Å². The maximum Gasteiger partial charge on any atom is 0.410 e. The number of hydrogen-bond donors (Lipinski definition) is 1. The number of amides is 2. The number of nitrogens with zero attached hydrogens (tertiary/aromatic N) is 1. The molecule has 0 aliphatic carbocycles. The molecule has 0 saturated carbocycles. The molecule has 2 amide bonds. The molecule has 1 atom stereocenters. The molecule has 1 saturated heterocycles. The molecule has 138 valence electrons. The molecule has 1 heterocycles. The lowest BCUT2D eigenvalue weighted by Gasteiger charge is -2.35. The van der Waals surface area contributed by atoms with E-state index in [1.165, 1.54) is 5.56 Å². The average Bonchev–Trinajstić information content (AvgIpc) is 2.58. The minimum absolute atomic E-state index is 0.0707. The van der Waals surface area contributed by atoms with Gasteiger partial charge in [0.25, 0.3) is 0 Å². The van der Waals surface area contributed by atoms with Crippen molar-refractivity contribution in [1.82, 2.24) is 10.2 Å². The fraction of sp³-hybridized carbons (Fsp3) is 0.600. The third-order valence-corrected chi connectivity index (χ3v) is 4.22. The molecule has 0 bridgehead atoms. The quantitative estimate of drug-likeness (QED) is 0.830. The fourth-order valence-corrected chi connectivity index (χ4v) is 3.01. The minimum Gasteiger partial charge on any atom is -0.444 e. The predicted octanol–water partition coefficient (Wildman–Crippen LogP) is 3.53. The highest BCUT2D eigenvalue weighted by atomic mass is 16.6. The Morgan fingerprint density at radius 2 is 1.92 bits per heavy atom. The van der Waals surface area contributed by atoms with E-state index in [2.05, 4.69) is 17.4 Å². The molecule has 1 aromatic carbocycles. The van der Waals surface area contributed by atoms with Gasteiger partial charge in [0, 0.05) is 13.1 Å². The van der Waals surface area contributed by atoms with Gasteiger partial charge in [-0.15, -0.1) is 0 Å². The third kappa shape index (κ3) is 6.40. The van der Waals surface area contributed by atoms with E-state index >= 15 is 0 Å². The Bertz CT molecular complexity index is 566. The molecule has 5 nitrogen and oxygen atoms in total. The van der Waals surface area contributed by atoms with E-state index in [0.717, 1.165) is 25.7 Å². The van der Waals surface area contributed by atoms with Gasteiger partial charge in [-0.25, -0.2) is 4.79 Å². The zero-order valence-corrected chi connectivity index (χ0v) is 15.6. The number of nitrogens with one attached hydrogen (secondary N) is 1. The molecular weight excluding hydrogens is 316 g/mol. The molecular formula is C20H30N2O3. The standard InChI is InChI=1S/C20H30N2O3/c1-20(2,3)25-19(24)22-15-8-7-13-17(22)18(23)21-14-9-12-16-10-5-4-6-11-16/h4-6,10-11,17H,7-9,12-15H2,1-3H3,(H,21,23)/t17-/m0/s1. The summed E-state index contributed by atoms with van der Waals surface area (Å²) in [6.07, 6.45) is 4.00. The second kappa shape index (κ2) is 8.88. The molecule has 5 heteroatoms. The van der Waals surface area contributed by atoms with E-state index < -0.39 is 17.7 Å². The van der Waals surface area contributed by atoms with Gasteiger partial charge in [0.2, 0.25) is 5.91 Å². The molecule has 1 fully saturated rings. The number of aryl methyl sites for hydroxylation is 1. The van der Waals surface area contributed by atoms with E-state index in [1.54, 1.807) is 4.90 Å². The number of rotatable bonds is 5. The van der Waals surface area contributed by atoms with Crippen molar-refractivity contribution in [3.8, 4) is 0 Å². The lowest BCUT2D eigenvalue weighted by atomic mass is 10.0. The Labute approximate surface area is 150 Å². The van der Waals surface area contributed by atoms with E-state index in [-0.39, 0.29) is 5.91 Å². The molecule has 1 aliphatic heterocycles. The van der Waals surface area contributed by atoms with E-state index in [0.29, 0.717) is 19.5 Å². The Hall–Kier alpha value is -2.04. The SMILES string of the molecule is CC(C)(C)OC(=O)N1CCCC[C@H]1C(=O)NCCCc1ccccc1. The van der Waals surface area contributed by atoms with Crippen LogP contribution in [-0.4, -0.2) is 41.6 Å². The van der Waals surface area contributed by atoms with Crippen molar-refractivity contribution in [1.29, 1.82) is 0 Å². The average molecular weight is 346 g/mol. The van der Waals surface area contributed by atoms with Gasteiger partial charge >= 0.3 is 6.09 Å². The molecule has 1 aromatic rings. The number of ether oxygens (including phenoxy) is 1. The van der Waals surface area contributed by atoms with Crippen molar-refractivity contribution in [3.63, 3.8) is 0 Å². The highest BCUT2D eigenvalue weighted by molar-refractivity contribution is 5.85. The third-order valence-electron chi connectivity index (χ3n) is 4.22. The van der Waals surface area contributed by atoms with Crippen molar-refractivity contribution < 1.29 is 14.3 Å². The van der Waals surface area contributed by atoms with E-state index in [9.17, 15) is 9.59 Å². The van der Waals surface area contributed by atoms with Crippen LogP contribution >= 0.6 is 0 Å². The van der Waals surface area contributed by atoms with Crippen molar-refractivity contribution in [2.24, 2.45) is 0 Å². The van der Waals surface area contributed by atoms with Crippen LogP contribution in [0.1, 0.15) is 52.0 Å². The minimum atomic E-state index is -0.550. The summed E-state index contributed by atoms with van der Waals surface area (Å²) in [5, 5.41) is 2.98. The Morgan fingerprint density at radius 1 is 1.20 bits per heavy atom. The first-order valence-corrected chi connectivity index (χ1v) is 9.18. The molecule has 25 heavy (non-hydrogen) atoms. The lowest BCUT2D eigenvalue weighted by molar-refractivity contribution is -0.127. The van der Waals surface area contributed by atoms with Gasteiger partial charge in [-0.05, 0) is 58.4 Å². The van der Waals surface area contributed by atoms with Gasteiger partial charge in [-0.2, -0.15) is 0 Å². The van der Waals surface area contributed by atoms with E-state index in [1.807, 2.05) is 39.0 Å².